The predicted molar refractivity (Wildman–Crippen MR) is 76.4 cm³/mol. The van der Waals surface area contributed by atoms with Crippen LogP contribution in [-0.2, 0) is 16.0 Å². The van der Waals surface area contributed by atoms with Crippen LogP contribution in [0.3, 0.4) is 0 Å². The molecule has 0 spiro atoms. The monoisotopic (exact) mass is 262 g/mol. The summed E-state index contributed by atoms with van der Waals surface area (Å²) in [5, 5.41) is 3.05. The van der Waals surface area contributed by atoms with E-state index >= 15 is 0 Å². The quantitative estimate of drug-likeness (QED) is 0.818. The van der Waals surface area contributed by atoms with Gasteiger partial charge in [-0.25, -0.2) is 0 Å². The van der Waals surface area contributed by atoms with E-state index in [-0.39, 0.29) is 12.0 Å². The minimum absolute atomic E-state index is 0.179. The highest BCUT2D eigenvalue weighted by molar-refractivity contribution is 5.77. The van der Waals surface area contributed by atoms with Crippen molar-refractivity contribution in [3.63, 3.8) is 0 Å². The van der Waals surface area contributed by atoms with Crippen LogP contribution in [0.2, 0.25) is 0 Å². The molecule has 1 heterocycles. The van der Waals surface area contributed by atoms with Crippen LogP contribution >= 0.6 is 0 Å². The number of hydrogen-bond acceptors (Lipinski definition) is 4. The second-order valence-corrected chi connectivity index (χ2v) is 4.93. The molecule has 1 N–H and O–H groups in total. The Hall–Kier alpha value is -1.55. The van der Waals surface area contributed by atoms with Crippen molar-refractivity contribution in [1.29, 1.82) is 0 Å². The minimum atomic E-state index is -0.284. The molecule has 4 nitrogen and oxygen atoms in total. The molecule has 1 aliphatic rings. The molecule has 0 aliphatic carbocycles. The summed E-state index contributed by atoms with van der Waals surface area (Å²) < 4.78 is 5.10. The summed E-state index contributed by atoms with van der Waals surface area (Å²) in [6.45, 7) is 5.09. The summed E-state index contributed by atoms with van der Waals surface area (Å²) in [4.78, 5) is 14.2. The van der Waals surface area contributed by atoms with E-state index in [0.29, 0.717) is 19.2 Å². The smallest absolute Gasteiger partial charge is 0.324 e. The third kappa shape index (κ3) is 2.89. The summed E-state index contributed by atoms with van der Waals surface area (Å²) >= 11 is 0. The second kappa shape index (κ2) is 6.06. The standard InChI is InChI=1S/C15H22N2O2/c1-4-19-15(18)13(16-3)10-17-11(2)9-12-7-5-6-8-14(12)17/h5-8,11,13,16H,4,9-10H2,1-3H3. The third-order valence-corrected chi connectivity index (χ3v) is 3.65. The molecule has 1 aromatic carbocycles. The van der Waals surface area contributed by atoms with Crippen molar-refractivity contribution in [3.05, 3.63) is 29.8 Å². The molecule has 1 aliphatic heterocycles. The van der Waals surface area contributed by atoms with Crippen molar-refractivity contribution in [1.82, 2.24) is 5.32 Å². The number of anilines is 1. The van der Waals surface area contributed by atoms with E-state index in [1.54, 1.807) is 7.05 Å². The Bertz CT molecular complexity index is 448. The normalized spacial score (nSPS) is 19.1. The molecule has 0 fully saturated rings. The fraction of sp³-hybridized carbons (Fsp3) is 0.533. The number of benzene rings is 1. The van der Waals surface area contributed by atoms with E-state index in [1.165, 1.54) is 11.3 Å². The number of ether oxygens (including phenoxy) is 1. The first kappa shape index (κ1) is 13.9. The van der Waals surface area contributed by atoms with E-state index in [4.69, 9.17) is 4.74 Å². The number of esters is 1. The highest BCUT2D eigenvalue weighted by Crippen LogP contribution is 2.31. The number of carbonyl (C=O) groups is 1. The molecule has 104 valence electrons. The van der Waals surface area contributed by atoms with E-state index in [1.807, 2.05) is 13.0 Å². The van der Waals surface area contributed by atoms with Crippen LogP contribution in [0.1, 0.15) is 19.4 Å². The Labute approximate surface area is 114 Å². The lowest BCUT2D eigenvalue weighted by Gasteiger charge is -2.28. The van der Waals surface area contributed by atoms with Crippen molar-refractivity contribution in [2.45, 2.75) is 32.4 Å². The van der Waals surface area contributed by atoms with Gasteiger partial charge in [-0.1, -0.05) is 18.2 Å². The number of likely N-dealkylation sites (N-methyl/N-ethyl adjacent to an activating group) is 1. The van der Waals surface area contributed by atoms with E-state index in [0.717, 1.165) is 6.42 Å². The number of nitrogens with one attached hydrogen (secondary N) is 1. The maximum atomic E-state index is 11.9. The predicted octanol–water partition coefficient (Wildman–Crippen LogP) is 1.59. The van der Waals surface area contributed by atoms with Crippen LogP contribution in [0.15, 0.2) is 24.3 Å². The first-order valence-electron chi connectivity index (χ1n) is 6.85. The van der Waals surface area contributed by atoms with Gasteiger partial charge in [0, 0.05) is 18.3 Å². The first-order chi connectivity index (χ1) is 9.17. The van der Waals surface area contributed by atoms with Gasteiger partial charge in [0.15, 0.2) is 0 Å². The van der Waals surface area contributed by atoms with Crippen LogP contribution in [0, 0.1) is 0 Å². The maximum absolute atomic E-state index is 11.9. The molecule has 0 radical (unpaired) electrons. The van der Waals surface area contributed by atoms with E-state index < -0.39 is 0 Å². The van der Waals surface area contributed by atoms with Crippen LogP contribution in [-0.4, -0.2) is 38.3 Å². The minimum Gasteiger partial charge on any atom is -0.465 e. The molecule has 0 aromatic heterocycles. The second-order valence-electron chi connectivity index (χ2n) is 4.93. The zero-order valence-corrected chi connectivity index (χ0v) is 11.8. The van der Waals surface area contributed by atoms with E-state index in [9.17, 15) is 4.79 Å². The molecule has 2 unspecified atom stereocenters. The fourth-order valence-electron chi connectivity index (χ4n) is 2.63. The Kier molecular flexibility index (Phi) is 4.43. The summed E-state index contributed by atoms with van der Waals surface area (Å²) in [6.07, 6.45) is 1.04. The lowest BCUT2D eigenvalue weighted by molar-refractivity contribution is -0.145. The van der Waals surface area contributed by atoms with Crippen molar-refractivity contribution in [2.24, 2.45) is 0 Å². The highest BCUT2D eigenvalue weighted by Gasteiger charge is 2.29. The summed E-state index contributed by atoms with van der Waals surface area (Å²) in [5.41, 5.74) is 2.59. The summed E-state index contributed by atoms with van der Waals surface area (Å²) in [7, 11) is 1.80. The largest absolute Gasteiger partial charge is 0.465 e. The van der Waals surface area contributed by atoms with Gasteiger partial charge in [-0.15, -0.1) is 0 Å². The van der Waals surface area contributed by atoms with Gasteiger partial charge < -0.3 is 15.0 Å². The van der Waals surface area contributed by atoms with Gasteiger partial charge in [0.25, 0.3) is 0 Å². The molecule has 0 saturated heterocycles. The number of rotatable bonds is 5. The number of nitrogens with zero attached hydrogens (tertiary/aromatic N) is 1. The molecule has 0 saturated carbocycles. The first-order valence-corrected chi connectivity index (χ1v) is 6.85. The fourth-order valence-corrected chi connectivity index (χ4v) is 2.63. The molecule has 1 aromatic rings. The Morgan fingerprint density at radius 3 is 2.95 bits per heavy atom. The summed E-state index contributed by atoms with van der Waals surface area (Å²) in [6, 6.07) is 8.52. The van der Waals surface area contributed by atoms with Crippen LogP contribution in [0.25, 0.3) is 0 Å². The topological polar surface area (TPSA) is 41.6 Å². The zero-order valence-electron chi connectivity index (χ0n) is 11.8. The molecule has 2 atom stereocenters. The molecule has 0 amide bonds. The molecule has 0 bridgehead atoms. The van der Waals surface area contributed by atoms with Gasteiger partial charge in [-0.3, -0.25) is 4.79 Å². The Morgan fingerprint density at radius 2 is 2.26 bits per heavy atom. The van der Waals surface area contributed by atoms with Crippen molar-refractivity contribution >= 4 is 11.7 Å². The maximum Gasteiger partial charge on any atom is 0.324 e. The number of fused-ring (bicyclic) bond motifs is 1. The highest BCUT2D eigenvalue weighted by atomic mass is 16.5. The third-order valence-electron chi connectivity index (χ3n) is 3.65. The average Bonchev–Trinajstić information content (AvgIpc) is 2.72. The average molecular weight is 262 g/mol. The van der Waals surface area contributed by atoms with Gasteiger partial charge in [0.05, 0.1) is 6.61 Å². The number of carbonyl (C=O) groups excluding carboxylic acids is 1. The van der Waals surface area contributed by atoms with Crippen LogP contribution < -0.4 is 10.2 Å². The molecule has 2 rings (SSSR count). The van der Waals surface area contributed by atoms with Crippen molar-refractivity contribution in [3.8, 4) is 0 Å². The van der Waals surface area contributed by atoms with Gasteiger partial charge in [-0.05, 0) is 38.9 Å². The van der Waals surface area contributed by atoms with Crippen molar-refractivity contribution < 1.29 is 9.53 Å². The Balaban J connectivity index is 2.11. The van der Waals surface area contributed by atoms with Crippen LogP contribution in [0.4, 0.5) is 5.69 Å². The molecular weight excluding hydrogens is 240 g/mol. The van der Waals surface area contributed by atoms with E-state index in [2.05, 4.69) is 35.3 Å². The van der Waals surface area contributed by atoms with Gasteiger partial charge in [0.1, 0.15) is 6.04 Å². The van der Waals surface area contributed by atoms with Gasteiger partial charge in [0.2, 0.25) is 0 Å². The molecule has 19 heavy (non-hydrogen) atoms. The Morgan fingerprint density at radius 1 is 1.53 bits per heavy atom. The van der Waals surface area contributed by atoms with Crippen LogP contribution in [0.5, 0.6) is 0 Å². The van der Waals surface area contributed by atoms with Gasteiger partial charge >= 0.3 is 5.97 Å². The lowest BCUT2D eigenvalue weighted by atomic mass is 10.1. The number of para-hydroxylation sites is 1. The molecule has 4 heteroatoms. The zero-order chi connectivity index (χ0) is 13.8. The number of hydrogen-bond donors (Lipinski definition) is 1. The SMILES string of the molecule is CCOC(=O)C(CN1c2ccccc2CC1C)NC. The molecular formula is C15H22N2O2. The summed E-state index contributed by atoms with van der Waals surface area (Å²) in [5.74, 6) is -0.179. The lowest BCUT2D eigenvalue weighted by Crippen LogP contribution is -2.47. The van der Waals surface area contributed by atoms with Gasteiger partial charge in [-0.2, -0.15) is 0 Å². The van der Waals surface area contributed by atoms with Crippen molar-refractivity contribution in [2.75, 3.05) is 25.1 Å².